The largest absolute Gasteiger partial charge is 0.271 e. The summed E-state index contributed by atoms with van der Waals surface area (Å²) in [6.07, 6.45) is 5.09. The summed E-state index contributed by atoms with van der Waals surface area (Å²) in [6.45, 7) is 4.57. The summed E-state index contributed by atoms with van der Waals surface area (Å²) in [5.74, 6) is 7.99. The molecule has 2 rings (SSSR count). The molecule has 3 unspecified atom stereocenters. The number of hydrazine groups is 1. The standard InChI is InChI=1S/C16H26N2/c1-12(2)7-6-10-16(18-17)15-11-14(15)13-8-4-3-5-9-13/h3-5,8-9,12,14-16,18H,6-7,10-11,17H2,1-2H3. The molecule has 1 fully saturated rings. The van der Waals surface area contributed by atoms with Gasteiger partial charge >= 0.3 is 0 Å². The number of nitrogens with one attached hydrogen (secondary N) is 1. The molecule has 2 nitrogen and oxygen atoms in total. The highest BCUT2D eigenvalue weighted by Crippen LogP contribution is 2.50. The molecule has 1 aromatic rings. The zero-order valence-corrected chi connectivity index (χ0v) is 11.6. The highest BCUT2D eigenvalue weighted by Gasteiger charge is 2.42. The van der Waals surface area contributed by atoms with E-state index in [1.165, 1.54) is 31.2 Å². The van der Waals surface area contributed by atoms with E-state index in [1.54, 1.807) is 0 Å². The van der Waals surface area contributed by atoms with E-state index < -0.39 is 0 Å². The maximum atomic E-state index is 5.72. The fourth-order valence-corrected chi connectivity index (χ4v) is 2.91. The minimum Gasteiger partial charge on any atom is -0.271 e. The first kappa shape index (κ1) is 13.6. The van der Waals surface area contributed by atoms with Crippen LogP contribution in [-0.2, 0) is 0 Å². The first-order valence-electron chi connectivity index (χ1n) is 7.23. The maximum absolute atomic E-state index is 5.72. The minimum atomic E-state index is 0.494. The normalized spacial score (nSPS) is 24.2. The Bertz CT molecular complexity index is 347. The lowest BCUT2D eigenvalue weighted by molar-refractivity contribution is 0.405. The quantitative estimate of drug-likeness (QED) is 0.571. The van der Waals surface area contributed by atoms with Crippen molar-refractivity contribution in [1.29, 1.82) is 0 Å². The van der Waals surface area contributed by atoms with Gasteiger partial charge < -0.3 is 0 Å². The van der Waals surface area contributed by atoms with Gasteiger partial charge in [0.2, 0.25) is 0 Å². The third-order valence-electron chi connectivity index (χ3n) is 4.10. The van der Waals surface area contributed by atoms with Crippen molar-refractivity contribution >= 4 is 0 Å². The molecule has 100 valence electrons. The zero-order chi connectivity index (χ0) is 13.0. The van der Waals surface area contributed by atoms with Gasteiger partial charge in [0.05, 0.1) is 0 Å². The van der Waals surface area contributed by atoms with Gasteiger partial charge in [0, 0.05) is 6.04 Å². The fourth-order valence-electron chi connectivity index (χ4n) is 2.91. The van der Waals surface area contributed by atoms with Crippen LogP contribution in [0.5, 0.6) is 0 Å². The fraction of sp³-hybridized carbons (Fsp3) is 0.625. The summed E-state index contributed by atoms with van der Waals surface area (Å²) in [7, 11) is 0. The van der Waals surface area contributed by atoms with Crippen molar-refractivity contribution in [3.63, 3.8) is 0 Å². The van der Waals surface area contributed by atoms with Crippen LogP contribution in [0.1, 0.15) is 51.0 Å². The lowest BCUT2D eigenvalue weighted by Gasteiger charge is -2.16. The van der Waals surface area contributed by atoms with Crippen LogP contribution < -0.4 is 11.3 Å². The highest BCUT2D eigenvalue weighted by atomic mass is 15.2. The summed E-state index contributed by atoms with van der Waals surface area (Å²) < 4.78 is 0. The molecule has 0 saturated heterocycles. The van der Waals surface area contributed by atoms with Crippen molar-refractivity contribution in [2.24, 2.45) is 17.7 Å². The van der Waals surface area contributed by atoms with Crippen molar-refractivity contribution in [3.8, 4) is 0 Å². The third-order valence-corrected chi connectivity index (χ3v) is 4.10. The molecule has 0 bridgehead atoms. The average Bonchev–Trinajstić information content (AvgIpc) is 3.15. The average molecular weight is 246 g/mol. The molecule has 0 heterocycles. The molecule has 3 atom stereocenters. The number of benzene rings is 1. The summed E-state index contributed by atoms with van der Waals surface area (Å²) >= 11 is 0. The van der Waals surface area contributed by atoms with Gasteiger partial charge in [-0.15, -0.1) is 0 Å². The Morgan fingerprint density at radius 2 is 1.94 bits per heavy atom. The Kier molecular flexibility index (Phi) is 4.79. The molecule has 1 aliphatic carbocycles. The van der Waals surface area contributed by atoms with Gasteiger partial charge in [-0.05, 0) is 36.2 Å². The molecule has 2 heteroatoms. The van der Waals surface area contributed by atoms with E-state index in [1.807, 2.05) is 0 Å². The Morgan fingerprint density at radius 3 is 2.56 bits per heavy atom. The Balaban J connectivity index is 1.81. The van der Waals surface area contributed by atoms with Gasteiger partial charge in [0.1, 0.15) is 0 Å². The monoisotopic (exact) mass is 246 g/mol. The topological polar surface area (TPSA) is 38.0 Å². The summed E-state index contributed by atoms with van der Waals surface area (Å²) in [5.41, 5.74) is 4.52. The number of rotatable bonds is 7. The number of hydrogen-bond acceptors (Lipinski definition) is 2. The molecule has 3 N–H and O–H groups in total. The van der Waals surface area contributed by atoms with Crippen molar-refractivity contribution in [2.45, 2.75) is 51.5 Å². The third kappa shape index (κ3) is 3.56. The number of hydrogen-bond donors (Lipinski definition) is 2. The van der Waals surface area contributed by atoms with E-state index in [0.29, 0.717) is 6.04 Å². The Labute approximate surface area is 111 Å². The second-order valence-corrected chi connectivity index (χ2v) is 6.01. The molecule has 18 heavy (non-hydrogen) atoms. The van der Waals surface area contributed by atoms with Crippen LogP contribution in [-0.4, -0.2) is 6.04 Å². The maximum Gasteiger partial charge on any atom is 0.0244 e. The number of nitrogens with two attached hydrogens (primary N) is 1. The van der Waals surface area contributed by atoms with Crippen LogP contribution in [0.15, 0.2) is 30.3 Å². The van der Waals surface area contributed by atoms with Gasteiger partial charge in [-0.3, -0.25) is 11.3 Å². The van der Waals surface area contributed by atoms with E-state index in [9.17, 15) is 0 Å². The first-order valence-corrected chi connectivity index (χ1v) is 7.23. The summed E-state index contributed by atoms with van der Waals surface area (Å²) in [6, 6.07) is 11.3. The van der Waals surface area contributed by atoms with Crippen molar-refractivity contribution in [1.82, 2.24) is 5.43 Å². The SMILES string of the molecule is CC(C)CCCC(NN)C1CC1c1ccccc1. The smallest absolute Gasteiger partial charge is 0.0244 e. The summed E-state index contributed by atoms with van der Waals surface area (Å²) in [4.78, 5) is 0. The van der Waals surface area contributed by atoms with Crippen molar-refractivity contribution in [2.75, 3.05) is 0 Å². The molecule has 1 aromatic carbocycles. The van der Waals surface area contributed by atoms with Crippen LogP contribution in [0.25, 0.3) is 0 Å². The molecule has 0 aliphatic heterocycles. The predicted octanol–water partition coefficient (Wildman–Crippen LogP) is 3.45. The van der Waals surface area contributed by atoms with E-state index in [2.05, 4.69) is 49.6 Å². The minimum absolute atomic E-state index is 0.494. The van der Waals surface area contributed by atoms with Gasteiger partial charge in [-0.1, -0.05) is 57.0 Å². The van der Waals surface area contributed by atoms with Crippen molar-refractivity contribution in [3.05, 3.63) is 35.9 Å². The van der Waals surface area contributed by atoms with Crippen LogP contribution in [0.3, 0.4) is 0 Å². The highest BCUT2D eigenvalue weighted by molar-refractivity contribution is 5.26. The molecule has 1 aliphatic rings. The Morgan fingerprint density at radius 1 is 1.22 bits per heavy atom. The zero-order valence-electron chi connectivity index (χ0n) is 11.6. The lowest BCUT2D eigenvalue weighted by atomic mass is 9.98. The van der Waals surface area contributed by atoms with Gasteiger partial charge in [-0.25, -0.2) is 0 Å². The van der Waals surface area contributed by atoms with Gasteiger partial charge in [0.25, 0.3) is 0 Å². The van der Waals surface area contributed by atoms with Crippen LogP contribution in [0.4, 0.5) is 0 Å². The second-order valence-electron chi connectivity index (χ2n) is 6.01. The molecular weight excluding hydrogens is 220 g/mol. The van der Waals surface area contributed by atoms with Crippen LogP contribution >= 0.6 is 0 Å². The lowest BCUT2D eigenvalue weighted by Crippen LogP contribution is -2.37. The second kappa shape index (κ2) is 6.35. The summed E-state index contributed by atoms with van der Waals surface area (Å²) in [5, 5.41) is 0. The van der Waals surface area contributed by atoms with E-state index >= 15 is 0 Å². The molecule has 0 radical (unpaired) electrons. The van der Waals surface area contributed by atoms with E-state index in [-0.39, 0.29) is 0 Å². The van der Waals surface area contributed by atoms with Crippen LogP contribution in [0, 0.1) is 11.8 Å². The molecule has 1 saturated carbocycles. The predicted molar refractivity (Wildman–Crippen MR) is 77.1 cm³/mol. The van der Waals surface area contributed by atoms with Gasteiger partial charge in [-0.2, -0.15) is 0 Å². The molecule has 0 spiro atoms. The van der Waals surface area contributed by atoms with Crippen LogP contribution in [0.2, 0.25) is 0 Å². The Hall–Kier alpha value is -0.860. The molecule has 0 aromatic heterocycles. The van der Waals surface area contributed by atoms with Crippen molar-refractivity contribution < 1.29 is 0 Å². The first-order chi connectivity index (χ1) is 8.72. The van der Waals surface area contributed by atoms with E-state index in [0.717, 1.165) is 17.8 Å². The van der Waals surface area contributed by atoms with E-state index in [4.69, 9.17) is 5.84 Å². The van der Waals surface area contributed by atoms with Gasteiger partial charge in [0.15, 0.2) is 0 Å². The molecule has 0 amide bonds. The molecular formula is C16H26N2.